The van der Waals surface area contributed by atoms with Gasteiger partial charge in [-0.1, -0.05) is 34.9 Å². The largest absolute Gasteiger partial charge is 0.300 e. The SMILES string of the molecule is CC(=O)CCCCC1SSCC1C. The highest BCUT2D eigenvalue weighted by Crippen LogP contribution is 2.43. The molecule has 0 spiro atoms. The molecule has 2 atom stereocenters. The minimum Gasteiger partial charge on any atom is -0.300 e. The quantitative estimate of drug-likeness (QED) is 0.519. The van der Waals surface area contributed by atoms with Crippen LogP contribution in [0, 0.1) is 5.92 Å². The summed E-state index contributed by atoms with van der Waals surface area (Å²) in [4.78, 5) is 10.7. The molecule has 0 saturated carbocycles. The normalized spacial score (nSPS) is 27.8. The minimum atomic E-state index is 0.335. The van der Waals surface area contributed by atoms with Crippen LogP contribution in [0.5, 0.6) is 0 Å². The van der Waals surface area contributed by atoms with Crippen LogP contribution >= 0.6 is 21.6 Å². The highest BCUT2D eigenvalue weighted by atomic mass is 33.1. The summed E-state index contributed by atoms with van der Waals surface area (Å²) in [5, 5.41) is 0.844. The molecule has 0 bridgehead atoms. The first kappa shape index (κ1) is 11.4. The fourth-order valence-corrected chi connectivity index (χ4v) is 5.12. The van der Waals surface area contributed by atoms with Crippen LogP contribution in [0.4, 0.5) is 0 Å². The Hall–Kier alpha value is 0.370. The van der Waals surface area contributed by atoms with Crippen LogP contribution in [-0.2, 0) is 4.79 Å². The van der Waals surface area contributed by atoms with Crippen molar-refractivity contribution in [3.05, 3.63) is 0 Å². The van der Waals surface area contributed by atoms with Crippen LogP contribution in [0.3, 0.4) is 0 Å². The average molecular weight is 218 g/mol. The zero-order chi connectivity index (χ0) is 9.68. The van der Waals surface area contributed by atoms with Gasteiger partial charge in [-0.2, -0.15) is 0 Å². The Balaban J connectivity index is 2.02. The van der Waals surface area contributed by atoms with E-state index in [1.54, 1.807) is 6.92 Å². The highest BCUT2D eigenvalue weighted by molar-refractivity contribution is 8.77. The highest BCUT2D eigenvalue weighted by Gasteiger charge is 2.23. The zero-order valence-electron chi connectivity index (χ0n) is 8.41. The molecular weight excluding hydrogens is 200 g/mol. The molecule has 76 valence electrons. The van der Waals surface area contributed by atoms with Crippen molar-refractivity contribution in [1.29, 1.82) is 0 Å². The zero-order valence-corrected chi connectivity index (χ0v) is 10.0. The number of ketones is 1. The van der Waals surface area contributed by atoms with Gasteiger partial charge in [0, 0.05) is 17.4 Å². The number of carbonyl (C=O) groups excluding carboxylic acids is 1. The lowest BCUT2D eigenvalue weighted by atomic mass is 10.0. The van der Waals surface area contributed by atoms with E-state index in [0.717, 1.165) is 24.0 Å². The molecule has 1 aliphatic heterocycles. The third-order valence-electron chi connectivity index (χ3n) is 2.42. The fraction of sp³-hybridized carbons (Fsp3) is 0.900. The predicted molar refractivity (Wildman–Crippen MR) is 62.2 cm³/mol. The van der Waals surface area contributed by atoms with Crippen LogP contribution in [0.25, 0.3) is 0 Å². The van der Waals surface area contributed by atoms with Crippen LogP contribution in [0.15, 0.2) is 0 Å². The molecule has 1 heterocycles. The molecule has 0 aromatic heterocycles. The Kier molecular flexibility index (Phi) is 5.25. The topological polar surface area (TPSA) is 17.1 Å². The van der Waals surface area contributed by atoms with Crippen molar-refractivity contribution in [3.8, 4) is 0 Å². The molecular formula is C10H18OS2. The van der Waals surface area contributed by atoms with E-state index in [9.17, 15) is 4.79 Å². The number of unbranched alkanes of at least 4 members (excludes halogenated alkanes) is 1. The van der Waals surface area contributed by atoms with Gasteiger partial charge in [-0.05, 0) is 25.7 Å². The molecule has 0 N–H and O–H groups in total. The van der Waals surface area contributed by atoms with Crippen molar-refractivity contribution < 1.29 is 4.79 Å². The van der Waals surface area contributed by atoms with E-state index in [1.807, 2.05) is 21.6 Å². The van der Waals surface area contributed by atoms with E-state index in [1.165, 1.54) is 18.6 Å². The molecule has 1 nitrogen and oxygen atoms in total. The molecule has 0 aromatic rings. The summed E-state index contributed by atoms with van der Waals surface area (Å²) in [6, 6.07) is 0. The summed E-state index contributed by atoms with van der Waals surface area (Å²) in [5.41, 5.74) is 0. The second-order valence-corrected chi connectivity index (χ2v) is 6.50. The number of carbonyl (C=O) groups is 1. The van der Waals surface area contributed by atoms with E-state index < -0.39 is 0 Å². The lowest BCUT2D eigenvalue weighted by molar-refractivity contribution is -0.117. The maximum absolute atomic E-state index is 10.7. The smallest absolute Gasteiger partial charge is 0.129 e. The van der Waals surface area contributed by atoms with E-state index in [-0.39, 0.29) is 0 Å². The second kappa shape index (κ2) is 5.97. The van der Waals surface area contributed by atoms with Crippen molar-refractivity contribution in [2.24, 2.45) is 5.92 Å². The maximum Gasteiger partial charge on any atom is 0.129 e. The Labute approximate surface area is 88.8 Å². The van der Waals surface area contributed by atoms with Crippen molar-refractivity contribution in [2.75, 3.05) is 5.75 Å². The van der Waals surface area contributed by atoms with E-state index >= 15 is 0 Å². The number of hydrogen-bond donors (Lipinski definition) is 0. The standard InChI is InChI=1S/C10H18OS2/c1-8-7-12-13-10(8)6-4-3-5-9(2)11/h8,10H,3-7H2,1-2H3. The third-order valence-corrected chi connectivity index (χ3v) is 5.73. The fourth-order valence-electron chi connectivity index (χ4n) is 1.49. The molecule has 0 aliphatic carbocycles. The van der Waals surface area contributed by atoms with Crippen LogP contribution in [0.2, 0.25) is 0 Å². The first-order valence-electron chi connectivity index (χ1n) is 4.98. The van der Waals surface area contributed by atoms with Gasteiger partial charge >= 0.3 is 0 Å². The van der Waals surface area contributed by atoms with Crippen LogP contribution in [0.1, 0.15) is 39.5 Å². The molecule has 2 unspecified atom stereocenters. The Morgan fingerprint density at radius 1 is 1.46 bits per heavy atom. The van der Waals surface area contributed by atoms with Gasteiger partial charge < -0.3 is 4.79 Å². The Bertz CT molecular complexity index is 170. The molecule has 1 fully saturated rings. The number of rotatable bonds is 5. The molecule has 1 saturated heterocycles. The van der Waals surface area contributed by atoms with Gasteiger partial charge in [0.1, 0.15) is 5.78 Å². The van der Waals surface area contributed by atoms with Gasteiger partial charge in [-0.25, -0.2) is 0 Å². The van der Waals surface area contributed by atoms with Gasteiger partial charge in [0.05, 0.1) is 0 Å². The van der Waals surface area contributed by atoms with Crippen molar-refractivity contribution in [1.82, 2.24) is 0 Å². The first-order valence-corrected chi connectivity index (χ1v) is 7.36. The Morgan fingerprint density at radius 2 is 2.23 bits per heavy atom. The number of hydrogen-bond acceptors (Lipinski definition) is 3. The lowest BCUT2D eigenvalue weighted by Gasteiger charge is -2.11. The van der Waals surface area contributed by atoms with Crippen molar-refractivity contribution >= 4 is 27.4 Å². The van der Waals surface area contributed by atoms with E-state index in [4.69, 9.17) is 0 Å². The maximum atomic E-state index is 10.7. The van der Waals surface area contributed by atoms with E-state index in [0.29, 0.717) is 5.78 Å². The van der Waals surface area contributed by atoms with Crippen LogP contribution in [-0.4, -0.2) is 16.8 Å². The lowest BCUT2D eigenvalue weighted by Crippen LogP contribution is -2.09. The van der Waals surface area contributed by atoms with Gasteiger partial charge in [0.15, 0.2) is 0 Å². The first-order chi connectivity index (χ1) is 6.20. The minimum absolute atomic E-state index is 0.335. The molecule has 1 rings (SSSR count). The molecule has 0 amide bonds. The summed E-state index contributed by atoms with van der Waals surface area (Å²) in [5.74, 6) is 2.51. The number of Topliss-reactive ketones (excluding diaryl/α,β-unsaturated/α-hetero) is 1. The van der Waals surface area contributed by atoms with E-state index in [2.05, 4.69) is 6.92 Å². The molecule has 0 aromatic carbocycles. The van der Waals surface area contributed by atoms with Crippen molar-refractivity contribution in [3.63, 3.8) is 0 Å². The summed E-state index contributed by atoms with van der Waals surface area (Å²) in [6.07, 6.45) is 4.39. The summed E-state index contributed by atoms with van der Waals surface area (Å²) in [7, 11) is 4.05. The van der Waals surface area contributed by atoms with Crippen molar-refractivity contribution in [2.45, 2.75) is 44.8 Å². The monoisotopic (exact) mass is 218 g/mol. The van der Waals surface area contributed by atoms with Crippen LogP contribution < -0.4 is 0 Å². The molecule has 3 heteroatoms. The van der Waals surface area contributed by atoms with Gasteiger partial charge in [0.25, 0.3) is 0 Å². The van der Waals surface area contributed by atoms with Gasteiger partial charge in [0.2, 0.25) is 0 Å². The summed E-state index contributed by atoms with van der Waals surface area (Å²) in [6.45, 7) is 4.02. The molecule has 13 heavy (non-hydrogen) atoms. The van der Waals surface area contributed by atoms with Gasteiger partial charge in [-0.15, -0.1) is 0 Å². The molecule has 0 radical (unpaired) electrons. The Morgan fingerprint density at radius 3 is 2.77 bits per heavy atom. The second-order valence-electron chi connectivity index (χ2n) is 3.84. The molecule has 1 aliphatic rings. The predicted octanol–water partition coefficient (Wildman–Crippen LogP) is 3.54. The summed E-state index contributed by atoms with van der Waals surface area (Å²) >= 11 is 0. The average Bonchev–Trinajstić information content (AvgIpc) is 2.45. The third kappa shape index (κ3) is 4.41. The summed E-state index contributed by atoms with van der Waals surface area (Å²) < 4.78 is 0. The van der Waals surface area contributed by atoms with Gasteiger partial charge in [-0.3, -0.25) is 0 Å².